The fourth-order valence-electron chi connectivity index (χ4n) is 2.54. The van der Waals surface area contributed by atoms with Crippen molar-refractivity contribution in [3.63, 3.8) is 0 Å². The zero-order chi connectivity index (χ0) is 17.3. The lowest BCUT2D eigenvalue weighted by Gasteiger charge is -2.16. The summed E-state index contributed by atoms with van der Waals surface area (Å²) in [6.45, 7) is 3.94. The molecule has 124 valence electrons. The molecule has 24 heavy (non-hydrogen) atoms. The van der Waals surface area contributed by atoms with E-state index in [4.69, 9.17) is 0 Å². The Morgan fingerprint density at radius 2 is 1.46 bits per heavy atom. The van der Waals surface area contributed by atoms with Gasteiger partial charge in [0.2, 0.25) is 11.8 Å². The molecular weight excluding hydrogens is 368 g/mol. The van der Waals surface area contributed by atoms with Gasteiger partial charge in [-0.1, -0.05) is 33.6 Å². The predicted molar refractivity (Wildman–Crippen MR) is 99.0 cm³/mol. The number of hydrogen-bond donors (Lipinski definition) is 2. The second-order valence-electron chi connectivity index (χ2n) is 6.32. The van der Waals surface area contributed by atoms with Gasteiger partial charge >= 0.3 is 0 Å². The zero-order valence-corrected chi connectivity index (χ0v) is 15.2. The minimum Gasteiger partial charge on any atom is -0.325 e. The maximum atomic E-state index is 12.6. The SMILES string of the molecule is Cc1ccc(NC(=O)C2(C(=O)Nc3ccc(Br)c(C)c3)CC2)cc1. The highest BCUT2D eigenvalue weighted by Gasteiger charge is 2.56. The van der Waals surface area contributed by atoms with Crippen LogP contribution in [0.3, 0.4) is 0 Å². The molecule has 0 bridgehead atoms. The molecule has 5 heteroatoms. The Morgan fingerprint density at radius 1 is 0.917 bits per heavy atom. The van der Waals surface area contributed by atoms with E-state index in [0.717, 1.165) is 15.6 Å². The third-order valence-corrected chi connectivity index (χ3v) is 5.23. The highest BCUT2D eigenvalue weighted by molar-refractivity contribution is 9.10. The first-order valence-corrected chi connectivity index (χ1v) is 8.66. The molecule has 1 aliphatic carbocycles. The number of aryl methyl sites for hydroxylation is 2. The summed E-state index contributed by atoms with van der Waals surface area (Å²) in [7, 11) is 0. The van der Waals surface area contributed by atoms with Crippen molar-refractivity contribution in [3.05, 3.63) is 58.1 Å². The van der Waals surface area contributed by atoms with Gasteiger partial charge in [-0.05, 0) is 62.6 Å². The van der Waals surface area contributed by atoms with Gasteiger partial charge in [-0.2, -0.15) is 0 Å². The molecule has 2 aromatic rings. The van der Waals surface area contributed by atoms with Crippen molar-refractivity contribution in [3.8, 4) is 0 Å². The second-order valence-corrected chi connectivity index (χ2v) is 7.17. The van der Waals surface area contributed by atoms with Crippen LogP contribution in [0.15, 0.2) is 46.9 Å². The second kappa shape index (κ2) is 6.40. The number of benzene rings is 2. The van der Waals surface area contributed by atoms with E-state index in [-0.39, 0.29) is 11.8 Å². The average molecular weight is 387 g/mol. The molecule has 3 rings (SSSR count). The van der Waals surface area contributed by atoms with Gasteiger partial charge in [-0.25, -0.2) is 0 Å². The van der Waals surface area contributed by atoms with Gasteiger partial charge in [-0.15, -0.1) is 0 Å². The number of carbonyl (C=O) groups is 2. The third kappa shape index (κ3) is 3.36. The largest absolute Gasteiger partial charge is 0.325 e. The quantitative estimate of drug-likeness (QED) is 0.763. The standard InChI is InChI=1S/C19H19BrN2O2/c1-12-3-5-14(6-4-12)21-17(23)19(9-10-19)18(24)22-15-7-8-16(20)13(2)11-15/h3-8,11H,9-10H2,1-2H3,(H,21,23)(H,22,24). The molecular formula is C19H19BrN2O2. The molecule has 4 nitrogen and oxygen atoms in total. The van der Waals surface area contributed by atoms with Crippen LogP contribution >= 0.6 is 15.9 Å². The molecule has 1 aliphatic rings. The van der Waals surface area contributed by atoms with E-state index in [2.05, 4.69) is 26.6 Å². The number of halogens is 1. The molecule has 0 aliphatic heterocycles. The van der Waals surface area contributed by atoms with Crippen molar-refractivity contribution >= 4 is 39.1 Å². The van der Waals surface area contributed by atoms with Gasteiger partial charge < -0.3 is 10.6 Å². The van der Waals surface area contributed by atoms with Crippen LogP contribution in [0.25, 0.3) is 0 Å². The van der Waals surface area contributed by atoms with Crippen molar-refractivity contribution in [1.82, 2.24) is 0 Å². The number of carbonyl (C=O) groups excluding carboxylic acids is 2. The Hall–Kier alpha value is -2.14. The van der Waals surface area contributed by atoms with Crippen LogP contribution in [0.5, 0.6) is 0 Å². The number of rotatable bonds is 4. The van der Waals surface area contributed by atoms with Crippen LogP contribution in [0.2, 0.25) is 0 Å². The summed E-state index contributed by atoms with van der Waals surface area (Å²) < 4.78 is 0.985. The maximum Gasteiger partial charge on any atom is 0.240 e. The lowest BCUT2D eigenvalue weighted by Crippen LogP contribution is -2.35. The van der Waals surface area contributed by atoms with Crippen molar-refractivity contribution < 1.29 is 9.59 Å². The summed E-state index contributed by atoms with van der Waals surface area (Å²) >= 11 is 3.44. The van der Waals surface area contributed by atoms with Gasteiger partial charge in [0.15, 0.2) is 0 Å². The number of amides is 2. The summed E-state index contributed by atoms with van der Waals surface area (Å²) in [5.74, 6) is -0.480. The van der Waals surface area contributed by atoms with Gasteiger partial charge in [-0.3, -0.25) is 9.59 Å². The molecule has 0 saturated heterocycles. The van der Waals surface area contributed by atoms with Gasteiger partial charge in [0.25, 0.3) is 0 Å². The van der Waals surface area contributed by atoms with Crippen molar-refractivity contribution in [1.29, 1.82) is 0 Å². The van der Waals surface area contributed by atoms with E-state index >= 15 is 0 Å². The van der Waals surface area contributed by atoms with E-state index in [1.165, 1.54) is 0 Å². The Labute approximate surface area is 149 Å². The molecule has 0 radical (unpaired) electrons. The van der Waals surface area contributed by atoms with Crippen LogP contribution in [0.4, 0.5) is 11.4 Å². The topological polar surface area (TPSA) is 58.2 Å². The molecule has 1 fully saturated rings. The molecule has 0 aromatic heterocycles. The average Bonchev–Trinajstić information content (AvgIpc) is 3.35. The first kappa shape index (κ1) is 16.7. The summed E-state index contributed by atoms with van der Waals surface area (Å²) in [5, 5.41) is 5.72. The van der Waals surface area contributed by atoms with E-state index < -0.39 is 5.41 Å². The summed E-state index contributed by atoms with van der Waals surface area (Å²) in [6, 6.07) is 13.1. The Bertz CT molecular complexity index is 796. The van der Waals surface area contributed by atoms with Gasteiger partial charge in [0, 0.05) is 15.8 Å². The molecule has 0 atom stereocenters. The van der Waals surface area contributed by atoms with E-state index in [0.29, 0.717) is 24.2 Å². The van der Waals surface area contributed by atoms with Crippen molar-refractivity contribution in [2.45, 2.75) is 26.7 Å². The minimum absolute atomic E-state index is 0.238. The van der Waals surface area contributed by atoms with E-state index in [1.54, 1.807) is 0 Å². The van der Waals surface area contributed by atoms with Crippen LogP contribution in [0.1, 0.15) is 24.0 Å². The van der Waals surface area contributed by atoms with Crippen LogP contribution < -0.4 is 10.6 Å². The lowest BCUT2D eigenvalue weighted by atomic mass is 10.0. The van der Waals surface area contributed by atoms with Gasteiger partial charge in [0.1, 0.15) is 5.41 Å². The monoisotopic (exact) mass is 386 g/mol. The summed E-state index contributed by atoms with van der Waals surface area (Å²) in [5.41, 5.74) is 2.62. The molecule has 0 unspecified atom stereocenters. The van der Waals surface area contributed by atoms with Crippen molar-refractivity contribution in [2.75, 3.05) is 10.6 Å². The van der Waals surface area contributed by atoms with Crippen LogP contribution in [0, 0.1) is 19.3 Å². The maximum absolute atomic E-state index is 12.6. The summed E-state index contributed by atoms with van der Waals surface area (Å²) in [4.78, 5) is 25.1. The number of nitrogens with one attached hydrogen (secondary N) is 2. The molecule has 0 heterocycles. The molecule has 1 saturated carbocycles. The number of hydrogen-bond acceptors (Lipinski definition) is 2. The van der Waals surface area contributed by atoms with Crippen LogP contribution in [-0.2, 0) is 9.59 Å². The first-order valence-electron chi connectivity index (χ1n) is 7.86. The molecule has 0 spiro atoms. The van der Waals surface area contributed by atoms with E-state index in [1.807, 2.05) is 56.3 Å². The predicted octanol–water partition coefficient (Wildman–Crippen LogP) is 4.42. The normalized spacial score (nSPS) is 14.8. The lowest BCUT2D eigenvalue weighted by molar-refractivity contribution is -0.131. The molecule has 2 aromatic carbocycles. The minimum atomic E-state index is -0.953. The smallest absolute Gasteiger partial charge is 0.240 e. The first-order chi connectivity index (χ1) is 11.4. The fraction of sp³-hybridized carbons (Fsp3) is 0.263. The molecule has 2 N–H and O–H groups in total. The number of anilines is 2. The molecule has 2 amide bonds. The Kier molecular flexibility index (Phi) is 4.45. The highest BCUT2D eigenvalue weighted by Crippen LogP contribution is 2.47. The van der Waals surface area contributed by atoms with Crippen LogP contribution in [-0.4, -0.2) is 11.8 Å². The summed E-state index contributed by atoms with van der Waals surface area (Å²) in [6.07, 6.45) is 1.15. The van der Waals surface area contributed by atoms with E-state index in [9.17, 15) is 9.59 Å². The fourth-order valence-corrected chi connectivity index (χ4v) is 2.79. The highest BCUT2D eigenvalue weighted by atomic mass is 79.9. The van der Waals surface area contributed by atoms with Gasteiger partial charge in [0.05, 0.1) is 0 Å². The van der Waals surface area contributed by atoms with Crippen molar-refractivity contribution in [2.24, 2.45) is 5.41 Å². The third-order valence-electron chi connectivity index (χ3n) is 4.34. The zero-order valence-electron chi connectivity index (χ0n) is 13.7. The Morgan fingerprint density at radius 3 is 2.00 bits per heavy atom. The Balaban J connectivity index is 1.70.